The lowest BCUT2D eigenvalue weighted by Gasteiger charge is -2.36. The van der Waals surface area contributed by atoms with Crippen LogP contribution >= 0.6 is 12.4 Å². The van der Waals surface area contributed by atoms with Gasteiger partial charge in [-0.3, -0.25) is 10.3 Å². The molecular formula is C25H26ClN5O3S. The molecule has 0 bridgehead atoms. The highest BCUT2D eigenvalue weighted by Crippen LogP contribution is 2.35. The Morgan fingerprint density at radius 3 is 2.40 bits per heavy atom. The molecule has 0 fully saturated rings. The topological polar surface area (TPSA) is 120 Å². The van der Waals surface area contributed by atoms with Gasteiger partial charge >= 0.3 is 16.5 Å². The predicted molar refractivity (Wildman–Crippen MR) is 139 cm³/mol. The summed E-state index contributed by atoms with van der Waals surface area (Å²) in [6.07, 6.45) is 0.219. The molecule has 3 aromatic rings. The number of nitrogens with zero attached hydrogens (tertiary/aromatic N) is 3. The molecule has 10 heteroatoms. The third-order valence-corrected chi connectivity index (χ3v) is 6.26. The Balaban J connectivity index is 0.00000342. The Hall–Kier alpha value is -3.69. The molecule has 2 amide bonds. The van der Waals surface area contributed by atoms with Gasteiger partial charge in [-0.1, -0.05) is 60.7 Å². The van der Waals surface area contributed by atoms with E-state index in [0.717, 1.165) is 22.3 Å². The van der Waals surface area contributed by atoms with Crippen LogP contribution in [0.15, 0.2) is 77.2 Å². The van der Waals surface area contributed by atoms with Crippen LogP contribution in [0.25, 0.3) is 11.1 Å². The van der Waals surface area contributed by atoms with E-state index in [1.165, 1.54) is 9.80 Å². The Morgan fingerprint density at radius 1 is 1.09 bits per heavy atom. The second-order valence-corrected chi connectivity index (χ2v) is 8.82. The summed E-state index contributed by atoms with van der Waals surface area (Å²) in [7, 11) is -0.973. The van der Waals surface area contributed by atoms with Crippen molar-refractivity contribution in [2.45, 2.75) is 25.6 Å². The Morgan fingerprint density at radius 2 is 1.77 bits per heavy atom. The standard InChI is InChI=1S/C25H25N5O3S.ClH/c1-29(16-17-7-9-19(10-8-17)24(26)27)25(31)30-22-13-11-20(18-5-3-2-4-6-18)15-21(22)12-14-23(30)28-34(32)33;/h2-11,13,15,23H,12,14,16H2,1H3,(H3,26,27);1H. The second kappa shape index (κ2) is 11.2. The van der Waals surface area contributed by atoms with Crippen LogP contribution in [0.3, 0.4) is 0 Å². The summed E-state index contributed by atoms with van der Waals surface area (Å²) in [5, 5.41) is 7.51. The highest BCUT2D eigenvalue weighted by molar-refractivity contribution is 7.61. The molecule has 182 valence electrons. The van der Waals surface area contributed by atoms with Crippen molar-refractivity contribution in [1.82, 2.24) is 4.90 Å². The number of amides is 2. The molecule has 3 aromatic carbocycles. The number of fused-ring (bicyclic) bond motifs is 1. The number of hydrogen-bond acceptors (Lipinski definition) is 5. The number of carbonyl (C=O) groups is 1. The molecule has 1 unspecified atom stereocenters. The molecule has 4 rings (SSSR count). The van der Waals surface area contributed by atoms with Crippen molar-refractivity contribution in [2.24, 2.45) is 10.1 Å². The predicted octanol–water partition coefficient (Wildman–Crippen LogP) is 4.45. The summed E-state index contributed by atoms with van der Waals surface area (Å²) < 4.78 is 26.6. The minimum Gasteiger partial charge on any atom is -0.384 e. The third kappa shape index (κ3) is 5.87. The number of rotatable bonds is 5. The number of aryl methyl sites for hydroxylation is 1. The molecule has 35 heavy (non-hydrogen) atoms. The van der Waals surface area contributed by atoms with E-state index in [9.17, 15) is 13.2 Å². The smallest absolute Gasteiger partial charge is 0.326 e. The van der Waals surface area contributed by atoms with Crippen molar-refractivity contribution in [3.63, 3.8) is 0 Å². The van der Waals surface area contributed by atoms with Crippen molar-refractivity contribution < 1.29 is 13.2 Å². The van der Waals surface area contributed by atoms with E-state index < -0.39 is 16.7 Å². The summed E-state index contributed by atoms with van der Waals surface area (Å²) in [4.78, 5) is 16.5. The highest BCUT2D eigenvalue weighted by Gasteiger charge is 2.33. The van der Waals surface area contributed by atoms with Gasteiger partial charge < -0.3 is 10.6 Å². The molecule has 1 aliphatic heterocycles. The van der Waals surface area contributed by atoms with Crippen LogP contribution in [0.2, 0.25) is 0 Å². The quantitative estimate of drug-likeness (QED) is 0.388. The van der Waals surface area contributed by atoms with Gasteiger partial charge in [0.25, 0.3) is 0 Å². The van der Waals surface area contributed by atoms with Crippen molar-refractivity contribution in [1.29, 1.82) is 5.41 Å². The van der Waals surface area contributed by atoms with Gasteiger partial charge in [-0.25, -0.2) is 4.79 Å². The molecule has 3 N–H and O–H groups in total. The monoisotopic (exact) mass is 511 g/mol. The van der Waals surface area contributed by atoms with Gasteiger partial charge in [0.05, 0.1) is 5.69 Å². The number of halogens is 1. The number of benzene rings is 3. The lowest BCUT2D eigenvalue weighted by molar-refractivity contribution is 0.210. The Labute approximate surface area is 212 Å². The number of amidine groups is 1. The lowest BCUT2D eigenvalue weighted by atomic mass is 9.95. The van der Waals surface area contributed by atoms with Gasteiger partial charge in [0.1, 0.15) is 12.0 Å². The minimum atomic E-state index is -2.64. The number of nitrogen functional groups attached to an aromatic ring is 1. The van der Waals surface area contributed by atoms with Gasteiger partial charge in [0.15, 0.2) is 0 Å². The fraction of sp³-hybridized carbons (Fsp3) is 0.200. The maximum Gasteiger partial charge on any atom is 0.326 e. The normalized spacial score (nSPS) is 14.3. The molecular weight excluding hydrogens is 486 g/mol. The van der Waals surface area contributed by atoms with Crippen LogP contribution in [0.4, 0.5) is 10.5 Å². The van der Waals surface area contributed by atoms with Crippen LogP contribution in [-0.2, 0) is 23.5 Å². The summed E-state index contributed by atoms with van der Waals surface area (Å²) >= 11 is 0. The van der Waals surface area contributed by atoms with Gasteiger partial charge in [-0.05, 0) is 47.2 Å². The zero-order chi connectivity index (χ0) is 24.2. The van der Waals surface area contributed by atoms with Gasteiger partial charge in [0.2, 0.25) is 0 Å². The number of hydrogen-bond donors (Lipinski definition) is 2. The van der Waals surface area contributed by atoms with Crippen LogP contribution in [0, 0.1) is 5.41 Å². The summed E-state index contributed by atoms with van der Waals surface area (Å²) in [5.74, 6) is -0.0224. The van der Waals surface area contributed by atoms with Crippen molar-refractivity contribution in [2.75, 3.05) is 11.9 Å². The van der Waals surface area contributed by atoms with E-state index in [-0.39, 0.29) is 24.3 Å². The van der Waals surface area contributed by atoms with Gasteiger partial charge in [-0.2, -0.15) is 8.42 Å². The average molecular weight is 512 g/mol. The Kier molecular flexibility index (Phi) is 8.26. The SMILES string of the molecule is CN(Cc1ccc(C(=N)N)cc1)C(=O)N1c2ccc(-c3ccccc3)cc2CCC1N=S(=O)=O.Cl. The summed E-state index contributed by atoms with van der Waals surface area (Å²) in [6.45, 7) is 0.304. The molecule has 0 radical (unpaired) electrons. The maximum atomic E-state index is 13.5. The van der Waals surface area contributed by atoms with Crippen LogP contribution in [-0.4, -0.2) is 38.4 Å². The minimum absolute atomic E-state index is 0. The average Bonchev–Trinajstić information content (AvgIpc) is 2.83. The van der Waals surface area contributed by atoms with E-state index in [1.807, 2.05) is 54.6 Å². The van der Waals surface area contributed by atoms with Crippen molar-refractivity contribution in [3.05, 3.63) is 89.5 Å². The lowest BCUT2D eigenvalue weighted by Crippen LogP contribution is -2.48. The van der Waals surface area contributed by atoms with E-state index in [2.05, 4.69) is 10.4 Å². The largest absolute Gasteiger partial charge is 0.384 e. The number of anilines is 1. The fourth-order valence-electron chi connectivity index (χ4n) is 4.15. The van der Waals surface area contributed by atoms with Crippen LogP contribution in [0.5, 0.6) is 0 Å². The second-order valence-electron chi connectivity index (χ2n) is 8.17. The van der Waals surface area contributed by atoms with E-state index >= 15 is 0 Å². The maximum absolute atomic E-state index is 13.5. The zero-order valence-corrected chi connectivity index (χ0v) is 20.7. The van der Waals surface area contributed by atoms with Crippen LogP contribution < -0.4 is 10.6 Å². The van der Waals surface area contributed by atoms with E-state index in [0.29, 0.717) is 30.6 Å². The third-order valence-electron chi connectivity index (χ3n) is 5.84. The molecule has 0 aliphatic carbocycles. The first-order chi connectivity index (χ1) is 16.3. The Bertz CT molecular complexity index is 1350. The first kappa shape index (κ1) is 25.9. The number of nitrogens with one attached hydrogen (secondary N) is 1. The first-order valence-electron chi connectivity index (χ1n) is 10.8. The molecule has 1 heterocycles. The molecule has 8 nitrogen and oxygen atoms in total. The van der Waals surface area contributed by atoms with Gasteiger partial charge in [0, 0.05) is 19.2 Å². The van der Waals surface area contributed by atoms with Crippen molar-refractivity contribution >= 4 is 40.5 Å². The van der Waals surface area contributed by atoms with Crippen molar-refractivity contribution in [3.8, 4) is 11.1 Å². The molecule has 0 aromatic heterocycles. The number of carbonyl (C=O) groups excluding carboxylic acids is 1. The molecule has 0 spiro atoms. The number of urea groups is 1. The van der Waals surface area contributed by atoms with E-state index in [1.54, 1.807) is 19.2 Å². The summed E-state index contributed by atoms with van der Waals surface area (Å²) in [6, 6.07) is 22.5. The van der Waals surface area contributed by atoms with E-state index in [4.69, 9.17) is 11.1 Å². The molecule has 1 atom stereocenters. The number of nitrogens with two attached hydrogens (primary N) is 1. The van der Waals surface area contributed by atoms with Gasteiger partial charge in [-0.15, -0.1) is 16.8 Å². The fourth-order valence-corrected chi connectivity index (χ4v) is 4.55. The van der Waals surface area contributed by atoms with Crippen LogP contribution in [0.1, 0.15) is 23.1 Å². The molecule has 1 aliphatic rings. The molecule has 0 saturated carbocycles. The first-order valence-corrected chi connectivity index (χ1v) is 11.8. The summed E-state index contributed by atoms with van der Waals surface area (Å²) in [5.41, 5.74) is 10.7. The highest BCUT2D eigenvalue weighted by atomic mass is 35.5. The zero-order valence-electron chi connectivity index (χ0n) is 19.1. The molecule has 0 saturated heterocycles.